The van der Waals surface area contributed by atoms with Crippen LogP contribution in [0.4, 0.5) is 0 Å². The van der Waals surface area contributed by atoms with Gasteiger partial charge in [0.2, 0.25) is 5.88 Å². The molecule has 0 N–H and O–H groups in total. The molecule has 0 unspecified atom stereocenters. The Morgan fingerprint density at radius 1 is 1.26 bits per heavy atom. The highest BCUT2D eigenvalue weighted by Gasteiger charge is 2.05. The first-order valence-electron chi connectivity index (χ1n) is 5.41. The van der Waals surface area contributed by atoms with Crippen LogP contribution in [-0.2, 0) is 11.3 Å². The van der Waals surface area contributed by atoms with E-state index in [9.17, 15) is 0 Å². The van der Waals surface area contributed by atoms with Gasteiger partial charge in [-0.25, -0.2) is 4.98 Å². The Morgan fingerprint density at radius 3 is 2.63 bits per heavy atom. The minimum Gasteiger partial charge on any atom is -0.439 e. The molecule has 2 rings (SSSR count). The van der Waals surface area contributed by atoms with Gasteiger partial charge in [0.05, 0.1) is 11.6 Å². The molecular formula is C13H10ClN3O2. The lowest BCUT2D eigenvalue weighted by molar-refractivity contribution is 0.177. The molecule has 0 spiro atoms. The summed E-state index contributed by atoms with van der Waals surface area (Å²) < 4.78 is 10.5. The van der Waals surface area contributed by atoms with Crippen LogP contribution in [0, 0.1) is 11.3 Å². The van der Waals surface area contributed by atoms with Crippen molar-refractivity contribution < 1.29 is 9.47 Å². The van der Waals surface area contributed by atoms with Crippen molar-refractivity contribution in [3.8, 4) is 17.7 Å². The van der Waals surface area contributed by atoms with E-state index in [0.717, 1.165) is 0 Å². The Bertz CT molecular complexity index is 608. The highest BCUT2D eigenvalue weighted by Crippen LogP contribution is 2.22. The van der Waals surface area contributed by atoms with Gasteiger partial charge in [-0.1, -0.05) is 11.6 Å². The lowest BCUT2D eigenvalue weighted by Crippen LogP contribution is -1.99. The van der Waals surface area contributed by atoms with Crippen molar-refractivity contribution in [1.29, 1.82) is 5.26 Å². The van der Waals surface area contributed by atoms with Crippen LogP contribution >= 0.6 is 11.6 Å². The molecule has 0 saturated heterocycles. The molecule has 0 aliphatic heterocycles. The van der Waals surface area contributed by atoms with Gasteiger partial charge in [0.25, 0.3) is 0 Å². The summed E-state index contributed by atoms with van der Waals surface area (Å²) in [5, 5.41) is 8.99. The summed E-state index contributed by atoms with van der Waals surface area (Å²) in [5.74, 6) is 1.34. The topological polar surface area (TPSA) is 68.0 Å². The molecule has 96 valence electrons. The number of nitriles is 1. The minimum atomic E-state index is 0.254. The smallest absolute Gasteiger partial charge is 0.224 e. The average Bonchev–Trinajstić information content (AvgIpc) is 2.39. The first kappa shape index (κ1) is 13.3. The second-order valence-electron chi connectivity index (χ2n) is 3.62. The van der Waals surface area contributed by atoms with Crippen molar-refractivity contribution in [2.24, 2.45) is 0 Å². The number of rotatable bonds is 4. The van der Waals surface area contributed by atoms with Crippen LogP contribution < -0.4 is 4.74 Å². The monoisotopic (exact) mass is 275 g/mol. The summed E-state index contributed by atoms with van der Waals surface area (Å²) in [6.45, 7) is 0.254. The van der Waals surface area contributed by atoms with Crippen LogP contribution in [0.25, 0.3) is 0 Å². The molecule has 0 aliphatic rings. The first-order chi connectivity index (χ1) is 9.21. The number of benzene rings is 1. The van der Waals surface area contributed by atoms with Crippen molar-refractivity contribution in [2.75, 3.05) is 7.11 Å². The van der Waals surface area contributed by atoms with E-state index in [0.29, 0.717) is 23.0 Å². The van der Waals surface area contributed by atoms with Crippen LogP contribution in [0.15, 0.2) is 30.3 Å². The fourth-order valence-electron chi connectivity index (χ4n) is 1.41. The van der Waals surface area contributed by atoms with Gasteiger partial charge < -0.3 is 9.47 Å². The molecule has 0 fully saturated rings. The molecule has 6 heteroatoms. The number of nitrogens with zero attached hydrogens (tertiary/aromatic N) is 3. The third kappa shape index (κ3) is 3.65. The van der Waals surface area contributed by atoms with Gasteiger partial charge in [-0.3, -0.25) is 0 Å². The molecule has 2 aromatic rings. The van der Waals surface area contributed by atoms with E-state index in [-0.39, 0.29) is 11.8 Å². The minimum absolute atomic E-state index is 0.254. The average molecular weight is 276 g/mol. The van der Waals surface area contributed by atoms with Gasteiger partial charge in [0.15, 0.2) is 5.82 Å². The molecule has 0 saturated carbocycles. The highest BCUT2D eigenvalue weighted by atomic mass is 35.5. The third-order valence-corrected chi connectivity index (χ3v) is 2.39. The molecule has 19 heavy (non-hydrogen) atoms. The van der Waals surface area contributed by atoms with E-state index in [1.165, 1.54) is 6.07 Å². The highest BCUT2D eigenvalue weighted by molar-refractivity contribution is 6.29. The van der Waals surface area contributed by atoms with Crippen LogP contribution in [0.2, 0.25) is 5.15 Å². The van der Waals surface area contributed by atoms with Crippen molar-refractivity contribution >= 4 is 11.6 Å². The van der Waals surface area contributed by atoms with Crippen molar-refractivity contribution in [2.45, 2.75) is 6.61 Å². The van der Waals surface area contributed by atoms with E-state index in [1.807, 2.05) is 6.07 Å². The fourth-order valence-corrected chi connectivity index (χ4v) is 1.60. The first-order valence-corrected chi connectivity index (χ1v) is 5.79. The summed E-state index contributed by atoms with van der Waals surface area (Å²) in [6.07, 6.45) is 0. The van der Waals surface area contributed by atoms with Crippen molar-refractivity contribution in [1.82, 2.24) is 9.97 Å². The maximum Gasteiger partial charge on any atom is 0.224 e. The largest absolute Gasteiger partial charge is 0.439 e. The van der Waals surface area contributed by atoms with Crippen molar-refractivity contribution in [3.05, 3.63) is 46.9 Å². The number of aromatic nitrogens is 2. The maximum atomic E-state index is 8.71. The predicted octanol–water partition coefficient (Wildman–Crippen LogP) is 2.94. The fraction of sp³-hybridized carbons (Fsp3) is 0.154. The van der Waals surface area contributed by atoms with Gasteiger partial charge in [-0.2, -0.15) is 10.2 Å². The summed E-state index contributed by atoms with van der Waals surface area (Å²) in [5.41, 5.74) is 0.563. The van der Waals surface area contributed by atoms with E-state index in [1.54, 1.807) is 31.4 Å². The summed E-state index contributed by atoms with van der Waals surface area (Å²) in [7, 11) is 1.55. The number of halogens is 1. The summed E-state index contributed by atoms with van der Waals surface area (Å²) in [4.78, 5) is 8.15. The Morgan fingerprint density at radius 2 is 2.00 bits per heavy atom. The molecule has 5 nitrogen and oxygen atoms in total. The van der Waals surface area contributed by atoms with E-state index in [2.05, 4.69) is 9.97 Å². The van der Waals surface area contributed by atoms with E-state index in [4.69, 9.17) is 26.3 Å². The molecule has 1 heterocycles. The quantitative estimate of drug-likeness (QED) is 0.803. The second-order valence-corrected chi connectivity index (χ2v) is 4.00. The summed E-state index contributed by atoms with van der Waals surface area (Å²) in [6, 6.07) is 10.2. The molecule has 1 aromatic carbocycles. The third-order valence-electron chi connectivity index (χ3n) is 2.20. The maximum absolute atomic E-state index is 8.71. The Labute approximate surface area is 115 Å². The number of hydrogen-bond acceptors (Lipinski definition) is 5. The second kappa shape index (κ2) is 6.14. The van der Waals surface area contributed by atoms with Crippen LogP contribution in [-0.4, -0.2) is 17.1 Å². The van der Waals surface area contributed by atoms with Gasteiger partial charge in [-0.15, -0.1) is 0 Å². The SMILES string of the molecule is COCc1nc(Cl)cc(Oc2ccc(C#N)cc2)n1. The molecule has 1 aromatic heterocycles. The lowest BCUT2D eigenvalue weighted by Gasteiger charge is -2.06. The zero-order valence-corrected chi connectivity index (χ0v) is 10.9. The molecular weight excluding hydrogens is 266 g/mol. The van der Waals surface area contributed by atoms with Gasteiger partial charge in [-0.05, 0) is 24.3 Å². The van der Waals surface area contributed by atoms with E-state index < -0.39 is 0 Å². The van der Waals surface area contributed by atoms with Crippen molar-refractivity contribution in [3.63, 3.8) is 0 Å². The van der Waals surface area contributed by atoms with E-state index >= 15 is 0 Å². The Balaban J connectivity index is 2.20. The Hall–Kier alpha value is -2.16. The van der Waals surface area contributed by atoms with Gasteiger partial charge >= 0.3 is 0 Å². The standard InChI is InChI=1S/C13H10ClN3O2/c1-18-8-12-16-11(14)6-13(17-12)19-10-4-2-9(7-15)3-5-10/h2-6H,8H2,1H3. The number of hydrogen-bond donors (Lipinski definition) is 0. The zero-order chi connectivity index (χ0) is 13.7. The lowest BCUT2D eigenvalue weighted by atomic mass is 10.2. The van der Waals surface area contributed by atoms with Gasteiger partial charge in [0.1, 0.15) is 17.5 Å². The molecule has 0 amide bonds. The van der Waals surface area contributed by atoms with Crippen LogP contribution in [0.3, 0.4) is 0 Å². The molecule has 0 atom stereocenters. The normalized spacial score (nSPS) is 9.95. The molecule has 0 bridgehead atoms. The predicted molar refractivity (Wildman–Crippen MR) is 69.0 cm³/mol. The number of methoxy groups -OCH3 is 1. The van der Waals surface area contributed by atoms with Crippen LogP contribution in [0.1, 0.15) is 11.4 Å². The molecule has 0 radical (unpaired) electrons. The Kier molecular flexibility index (Phi) is 4.29. The zero-order valence-electron chi connectivity index (χ0n) is 10.1. The molecule has 0 aliphatic carbocycles. The van der Waals surface area contributed by atoms with Crippen LogP contribution in [0.5, 0.6) is 11.6 Å². The van der Waals surface area contributed by atoms with Gasteiger partial charge in [0, 0.05) is 13.2 Å². The summed E-state index contributed by atoms with van der Waals surface area (Å²) >= 11 is 5.87. The number of ether oxygens (including phenoxy) is 2.